The van der Waals surface area contributed by atoms with Gasteiger partial charge in [-0.2, -0.15) is 0 Å². The number of allylic oxidation sites excluding steroid dienone is 8. The molecule has 6 nitrogen and oxygen atoms in total. The van der Waals surface area contributed by atoms with Crippen molar-refractivity contribution in [1.29, 1.82) is 0 Å². The first-order chi connectivity index (χ1) is 18.0. The van der Waals surface area contributed by atoms with Crippen LogP contribution in [0.15, 0.2) is 81.1 Å². The zero-order chi connectivity index (χ0) is 28.0. The summed E-state index contributed by atoms with van der Waals surface area (Å²) in [4.78, 5) is 40.5. The molecule has 6 heteroatoms. The Bertz CT molecular complexity index is 1060. The normalized spacial score (nSPS) is 20.6. The molecular formula is C32H44N4O2. The van der Waals surface area contributed by atoms with Gasteiger partial charge in [-0.05, 0) is 67.5 Å². The molecule has 3 aliphatic carbocycles. The van der Waals surface area contributed by atoms with Gasteiger partial charge in [-0.3, -0.25) is 29.4 Å². The van der Waals surface area contributed by atoms with Gasteiger partial charge in [0.2, 0.25) is 0 Å². The summed E-state index contributed by atoms with van der Waals surface area (Å²) in [5.41, 5.74) is 3.43. The Morgan fingerprint density at radius 1 is 0.632 bits per heavy atom. The number of ketones is 2. The van der Waals surface area contributed by atoms with Crippen LogP contribution in [0.5, 0.6) is 0 Å². The Morgan fingerprint density at radius 2 is 0.974 bits per heavy atom. The fraction of sp³-hybridized carbons (Fsp3) is 0.500. The van der Waals surface area contributed by atoms with Gasteiger partial charge in [0.05, 0.1) is 0 Å². The fourth-order valence-electron chi connectivity index (χ4n) is 5.19. The summed E-state index contributed by atoms with van der Waals surface area (Å²) in [7, 11) is 0. The molecule has 1 fully saturated rings. The average Bonchev–Trinajstić information content (AvgIpc) is 2.86. The topological polar surface area (TPSA) is 65.3 Å². The molecule has 3 aliphatic rings. The van der Waals surface area contributed by atoms with Crippen LogP contribution in [-0.2, 0) is 9.59 Å². The molecule has 0 aromatic rings. The molecule has 0 heterocycles. The van der Waals surface area contributed by atoms with Crippen LogP contribution in [0.4, 0.5) is 0 Å². The molecule has 0 bridgehead atoms. The monoisotopic (exact) mass is 516 g/mol. The van der Waals surface area contributed by atoms with E-state index in [-0.39, 0.29) is 11.6 Å². The predicted molar refractivity (Wildman–Crippen MR) is 159 cm³/mol. The molecule has 0 aromatic carbocycles. The lowest BCUT2D eigenvalue weighted by molar-refractivity contribution is -0.117. The Labute approximate surface area is 229 Å². The van der Waals surface area contributed by atoms with Crippen molar-refractivity contribution in [3.8, 4) is 0 Å². The summed E-state index contributed by atoms with van der Waals surface area (Å²) < 4.78 is 0. The average molecular weight is 517 g/mol. The molecule has 0 saturated heterocycles. The highest BCUT2D eigenvalue weighted by Gasteiger charge is 2.37. The molecule has 0 spiro atoms. The van der Waals surface area contributed by atoms with Crippen LogP contribution >= 0.6 is 0 Å². The first-order valence-electron chi connectivity index (χ1n) is 13.9. The lowest BCUT2D eigenvalue weighted by Gasteiger charge is -2.29. The zero-order valence-electron chi connectivity index (χ0n) is 24.4. The summed E-state index contributed by atoms with van der Waals surface area (Å²) in [6.45, 7) is 19.1. The van der Waals surface area contributed by atoms with E-state index < -0.39 is 0 Å². The Morgan fingerprint density at radius 3 is 1.29 bits per heavy atom. The number of fused-ring (bicyclic) bond motifs is 2. The minimum Gasteiger partial charge on any atom is -0.295 e. The van der Waals surface area contributed by atoms with E-state index in [0.29, 0.717) is 59.3 Å². The third kappa shape index (κ3) is 7.12. The summed E-state index contributed by atoms with van der Waals surface area (Å²) in [5, 5.41) is 0. The van der Waals surface area contributed by atoms with Crippen LogP contribution in [0, 0.1) is 0 Å². The van der Waals surface area contributed by atoms with Crippen LogP contribution in [0.2, 0.25) is 0 Å². The molecule has 0 aliphatic heterocycles. The molecule has 38 heavy (non-hydrogen) atoms. The summed E-state index contributed by atoms with van der Waals surface area (Å²) in [5.74, 6) is -0.216. The van der Waals surface area contributed by atoms with Gasteiger partial charge in [0.1, 0.15) is 0 Å². The second kappa shape index (κ2) is 13.2. The molecule has 3 rings (SSSR count). The summed E-state index contributed by atoms with van der Waals surface area (Å²) >= 11 is 0. The molecule has 0 atom stereocenters. The molecule has 1 saturated carbocycles. The van der Waals surface area contributed by atoms with Crippen molar-refractivity contribution in [3.05, 3.63) is 71.1 Å². The highest BCUT2D eigenvalue weighted by Crippen LogP contribution is 2.35. The number of hydrogen-bond donors (Lipinski definition) is 0. The van der Waals surface area contributed by atoms with Crippen molar-refractivity contribution in [2.75, 3.05) is 13.1 Å². The third-order valence-electron chi connectivity index (χ3n) is 7.19. The Balaban J connectivity index is 1.72. The van der Waals surface area contributed by atoms with Gasteiger partial charge in [-0.15, -0.1) is 0 Å². The van der Waals surface area contributed by atoms with Crippen molar-refractivity contribution in [1.82, 2.24) is 9.80 Å². The van der Waals surface area contributed by atoms with Gasteiger partial charge >= 0.3 is 0 Å². The van der Waals surface area contributed by atoms with E-state index >= 15 is 0 Å². The predicted octanol–water partition coefficient (Wildman–Crippen LogP) is 5.80. The number of Topliss-reactive ketones (excluding diaryl/α,β-unsaturated/α-hetero) is 2. The third-order valence-corrected chi connectivity index (χ3v) is 7.19. The van der Waals surface area contributed by atoms with E-state index in [2.05, 4.69) is 75.2 Å². The maximum Gasteiger partial charge on any atom is 0.194 e. The summed E-state index contributed by atoms with van der Waals surface area (Å²) in [6.07, 6.45) is 16.0. The van der Waals surface area contributed by atoms with E-state index in [1.165, 1.54) is 0 Å². The van der Waals surface area contributed by atoms with Crippen molar-refractivity contribution in [2.45, 2.75) is 92.4 Å². The molecule has 0 aromatic heterocycles. The minimum absolute atomic E-state index is 0.108. The summed E-state index contributed by atoms with van der Waals surface area (Å²) in [6, 6.07) is 1.81. The standard InChI is InChI=1S/C32H44N4O2/c1-21(2)35(22(3)4)17-9-15-33-25-11-13-27-29(19-25)31(37)28-14-12-26(20-30(28)32(27)38)34-16-10-18-36(23(5)6)24(7)8/h9-10,13-16,19-24H,11-12,17-18H2,1-8H3. The number of carbonyl (C=O) groups is 2. The highest BCUT2D eigenvalue weighted by atomic mass is 16.1. The van der Waals surface area contributed by atoms with Crippen LogP contribution in [0.25, 0.3) is 0 Å². The van der Waals surface area contributed by atoms with Gasteiger partial charge < -0.3 is 0 Å². The van der Waals surface area contributed by atoms with Crippen molar-refractivity contribution in [3.63, 3.8) is 0 Å². The lowest BCUT2D eigenvalue weighted by atomic mass is 9.75. The van der Waals surface area contributed by atoms with E-state index in [0.717, 1.165) is 24.5 Å². The SMILES string of the molecule is CC(C)N(CC=CN=C1C=C2C(=O)C3=CCC(=NC=CCN(C(C)C)C(C)C)C=C3C(=O)C2=CC1)C(C)C. The largest absolute Gasteiger partial charge is 0.295 e. The van der Waals surface area contributed by atoms with E-state index in [1.54, 1.807) is 24.6 Å². The number of nitrogens with zero attached hydrogens (tertiary/aromatic N) is 4. The molecular weight excluding hydrogens is 472 g/mol. The smallest absolute Gasteiger partial charge is 0.194 e. The zero-order valence-corrected chi connectivity index (χ0v) is 24.4. The van der Waals surface area contributed by atoms with Crippen LogP contribution in [0.1, 0.15) is 68.2 Å². The van der Waals surface area contributed by atoms with Gasteiger partial charge in [-0.1, -0.05) is 24.3 Å². The number of rotatable bonds is 10. The van der Waals surface area contributed by atoms with E-state index in [4.69, 9.17) is 0 Å². The fourth-order valence-corrected chi connectivity index (χ4v) is 5.19. The molecule has 204 valence electrons. The number of carbonyl (C=O) groups excluding carboxylic acids is 2. The van der Waals surface area contributed by atoms with Gasteiger partial charge in [0.15, 0.2) is 11.6 Å². The number of hydrogen-bond acceptors (Lipinski definition) is 6. The van der Waals surface area contributed by atoms with Gasteiger partial charge in [0.25, 0.3) is 0 Å². The van der Waals surface area contributed by atoms with Gasteiger partial charge in [0, 0.05) is 96.2 Å². The van der Waals surface area contributed by atoms with Crippen molar-refractivity contribution >= 4 is 23.0 Å². The Hall–Kier alpha value is -2.96. The van der Waals surface area contributed by atoms with Crippen molar-refractivity contribution in [2.24, 2.45) is 9.98 Å². The second-order valence-corrected chi connectivity index (χ2v) is 11.2. The second-order valence-electron chi connectivity index (χ2n) is 11.2. The van der Waals surface area contributed by atoms with Gasteiger partial charge in [-0.25, -0.2) is 0 Å². The van der Waals surface area contributed by atoms with Crippen LogP contribution in [0.3, 0.4) is 0 Å². The van der Waals surface area contributed by atoms with E-state index in [1.807, 2.05) is 24.3 Å². The number of aliphatic imine (C=N–C) groups is 2. The molecule has 0 unspecified atom stereocenters. The lowest BCUT2D eigenvalue weighted by Crippen LogP contribution is -2.36. The highest BCUT2D eigenvalue weighted by molar-refractivity contribution is 6.37. The quantitative estimate of drug-likeness (QED) is 0.368. The Kier molecular flexibility index (Phi) is 10.3. The van der Waals surface area contributed by atoms with Crippen LogP contribution < -0.4 is 0 Å². The van der Waals surface area contributed by atoms with Crippen molar-refractivity contribution < 1.29 is 9.59 Å². The molecule has 0 radical (unpaired) electrons. The maximum atomic E-state index is 13.3. The maximum absolute atomic E-state index is 13.3. The molecule has 0 amide bonds. The first-order valence-corrected chi connectivity index (χ1v) is 13.9. The van der Waals surface area contributed by atoms with E-state index in [9.17, 15) is 9.59 Å². The molecule has 0 N–H and O–H groups in total. The van der Waals surface area contributed by atoms with Crippen LogP contribution in [-0.4, -0.2) is 70.0 Å². The first kappa shape index (κ1) is 29.6. The minimum atomic E-state index is -0.108.